The van der Waals surface area contributed by atoms with E-state index in [2.05, 4.69) is 30.4 Å². The fraction of sp³-hybridized carbons (Fsp3) is 0.433. The first-order valence-electron chi connectivity index (χ1n) is 14.5. The van der Waals surface area contributed by atoms with Crippen LogP contribution in [0.2, 0.25) is 5.02 Å². The summed E-state index contributed by atoms with van der Waals surface area (Å²) in [6, 6.07) is 14.7. The van der Waals surface area contributed by atoms with E-state index in [-0.39, 0.29) is 22.9 Å². The van der Waals surface area contributed by atoms with E-state index < -0.39 is 21.1 Å². The third-order valence-corrected chi connectivity index (χ3v) is 9.54. The number of aromatic nitrogens is 2. The summed E-state index contributed by atoms with van der Waals surface area (Å²) in [6.07, 6.45) is 1.47. The van der Waals surface area contributed by atoms with Crippen molar-refractivity contribution in [1.82, 2.24) is 14.9 Å². The first-order chi connectivity index (χ1) is 21.1. The molecule has 0 atom stereocenters. The van der Waals surface area contributed by atoms with Gasteiger partial charge >= 0.3 is 5.97 Å². The van der Waals surface area contributed by atoms with Gasteiger partial charge in [-0.2, -0.15) is 4.98 Å². The Morgan fingerprint density at radius 3 is 2.34 bits per heavy atom. The van der Waals surface area contributed by atoms with E-state index in [1.54, 1.807) is 38.1 Å². The molecule has 0 amide bonds. The molecule has 0 unspecified atom stereocenters. The normalized spacial score (nSPS) is 14.1. The second-order valence-corrected chi connectivity index (χ2v) is 13.4. The van der Waals surface area contributed by atoms with Gasteiger partial charge in [0, 0.05) is 44.1 Å². The number of aliphatic carboxylic acids is 1. The summed E-state index contributed by atoms with van der Waals surface area (Å²) in [5.74, 6) is -0.258. The van der Waals surface area contributed by atoms with E-state index in [0.29, 0.717) is 37.3 Å². The molecule has 238 valence electrons. The molecule has 1 aliphatic rings. The van der Waals surface area contributed by atoms with Crippen LogP contribution in [0, 0.1) is 0 Å². The topological polar surface area (TPSA) is 146 Å². The lowest BCUT2D eigenvalue weighted by Gasteiger charge is -2.36. The van der Waals surface area contributed by atoms with Crippen molar-refractivity contribution in [2.24, 2.45) is 0 Å². The Bertz CT molecular complexity index is 1480. The minimum absolute atomic E-state index is 0.00468. The lowest BCUT2D eigenvalue weighted by Crippen LogP contribution is -2.47. The van der Waals surface area contributed by atoms with E-state index >= 15 is 0 Å². The Hall–Kier alpha value is -3.49. The van der Waals surface area contributed by atoms with Gasteiger partial charge < -0.3 is 30.1 Å². The summed E-state index contributed by atoms with van der Waals surface area (Å²) < 4.78 is 36.5. The summed E-state index contributed by atoms with van der Waals surface area (Å²) in [6.45, 7) is 9.43. The molecule has 0 bridgehead atoms. The molecule has 14 heteroatoms. The van der Waals surface area contributed by atoms with E-state index in [1.165, 1.54) is 6.20 Å². The number of nitrogens with one attached hydrogen (secondary N) is 2. The number of carbonyl (C=O) groups is 1. The average molecular weight is 647 g/mol. The molecule has 1 saturated heterocycles. The maximum Gasteiger partial charge on any atom is 0.305 e. The number of carboxylic acid groups (broad SMARTS) is 1. The highest BCUT2D eigenvalue weighted by atomic mass is 35.5. The van der Waals surface area contributed by atoms with E-state index in [9.17, 15) is 13.2 Å². The second kappa shape index (κ2) is 16.0. The Morgan fingerprint density at radius 2 is 1.66 bits per heavy atom. The van der Waals surface area contributed by atoms with E-state index in [4.69, 9.17) is 26.2 Å². The van der Waals surface area contributed by atoms with Crippen LogP contribution < -0.4 is 15.5 Å². The highest BCUT2D eigenvalue weighted by molar-refractivity contribution is 7.92. The number of para-hydroxylation sites is 1. The van der Waals surface area contributed by atoms with Gasteiger partial charge in [-0.15, -0.1) is 0 Å². The molecule has 1 aliphatic heterocycles. The van der Waals surface area contributed by atoms with Crippen molar-refractivity contribution in [3.63, 3.8) is 0 Å². The number of ether oxygens (including phenoxy) is 2. The van der Waals surface area contributed by atoms with Crippen LogP contribution in [-0.2, 0) is 24.1 Å². The molecular weight excluding hydrogens is 608 g/mol. The predicted molar refractivity (Wildman–Crippen MR) is 171 cm³/mol. The number of halogens is 1. The van der Waals surface area contributed by atoms with Gasteiger partial charge in [-0.05, 0) is 50.2 Å². The molecular formula is C30H39ClN6O6S. The van der Waals surface area contributed by atoms with Gasteiger partial charge in [0.1, 0.15) is 5.02 Å². The fourth-order valence-corrected chi connectivity index (χ4v) is 5.84. The molecule has 0 saturated carbocycles. The first-order valence-corrected chi connectivity index (χ1v) is 16.4. The first kappa shape index (κ1) is 33.4. The summed E-state index contributed by atoms with van der Waals surface area (Å²) in [4.78, 5) is 24.1. The quantitative estimate of drug-likeness (QED) is 0.189. The van der Waals surface area contributed by atoms with Crippen molar-refractivity contribution in [2.75, 3.05) is 74.7 Å². The van der Waals surface area contributed by atoms with Crippen molar-refractivity contribution in [2.45, 2.75) is 30.4 Å². The number of rotatable bonds is 16. The molecule has 44 heavy (non-hydrogen) atoms. The Kier molecular flexibility index (Phi) is 12.1. The molecule has 2 aromatic carbocycles. The van der Waals surface area contributed by atoms with Crippen LogP contribution in [0.1, 0.15) is 20.3 Å². The Labute approximate surface area is 263 Å². The number of sulfone groups is 1. The highest BCUT2D eigenvalue weighted by Crippen LogP contribution is 2.30. The molecule has 0 aliphatic carbocycles. The largest absolute Gasteiger partial charge is 0.481 e. The molecule has 0 spiro atoms. The lowest BCUT2D eigenvalue weighted by molar-refractivity contribution is -0.138. The van der Waals surface area contributed by atoms with Crippen molar-refractivity contribution in [3.05, 3.63) is 59.8 Å². The molecule has 2 heterocycles. The number of anilines is 5. The number of hydrogen-bond donors (Lipinski definition) is 3. The Balaban J connectivity index is 1.26. The van der Waals surface area contributed by atoms with Crippen molar-refractivity contribution < 1.29 is 27.8 Å². The van der Waals surface area contributed by atoms with Crippen LogP contribution >= 0.6 is 11.6 Å². The lowest BCUT2D eigenvalue weighted by atomic mass is 10.2. The standard InChI is InChI=1S/C30H39ClN6O6S/c1-22(2)44(40,41)27-6-4-3-5-26(27)34-29-25(31)21-32-30(35-29)33-23-7-9-24(10-8-23)37-14-12-36(13-15-37)16-18-43-20-19-42-17-11-28(38)39/h3-10,21-22H,11-20H2,1-2H3,(H,38,39)(H2,32,33,34,35). The zero-order valence-corrected chi connectivity index (χ0v) is 26.5. The van der Waals surface area contributed by atoms with Gasteiger partial charge in [-0.25, -0.2) is 13.4 Å². The summed E-state index contributed by atoms with van der Waals surface area (Å²) in [5, 5.41) is 14.5. The number of nitrogens with zero attached hydrogens (tertiary/aromatic N) is 4. The number of piperazine rings is 1. The molecule has 12 nitrogen and oxygen atoms in total. The zero-order chi connectivity index (χ0) is 31.5. The maximum atomic E-state index is 12.9. The van der Waals surface area contributed by atoms with Crippen LogP contribution in [-0.4, -0.2) is 98.8 Å². The molecule has 1 fully saturated rings. The van der Waals surface area contributed by atoms with Crippen LogP contribution in [0.4, 0.5) is 28.8 Å². The van der Waals surface area contributed by atoms with Gasteiger partial charge in [-0.1, -0.05) is 23.7 Å². The van der Waals surface area contributed by atoms with Crippen molar-refractivity contribution in [1.29, 1.82) is 0 Å². The summed E-state index contributed by atoms with van der Waals surface area (Å²) >= 11 is 6.36. The van der Waals surface area contributed by atoms with Crippen LogP contribution in [0.5, 0.6) is 0 Å². The van der Waals surface area contributed by atoms with Gasteiger partial charge in [0.25, 0.3) is 0 Å². The van der Waals surface area contributed by atoms with Crippen LogP contribution in [0.15, 0.2) is 59.6 Å². The smallest absolute Gasteiger partial charge is 0.305 e. The van der Waals surface area contributed by atoms with E-state index in [0.717, 1.165) is 44.1 Å². The minimum atomic E-state index is -3.52. The van der Waals surface area contributed by atoms with E-state index in [1.807, 2.05) is 24.3 Å². The SMILES string of the molecule is CC(C)S(=O)(=O)c1ccccc1Nc1nc(Nc2ccc(N3CCN(CCOCCOCCC(=O)O)CC3)cc2)ncc1Cl. The van der Waals surface area contributed by atoms with Gasteiger partial charge in [0.15, 0.2) is 15.7 Å². The van der Waals surface area contributed by atoms with Crippen LogP contribution in [0.25, 0.3) is 0 Å². The average Bonchev–Trinajstić information content (AvgIpc) is 3.01. The Morgan fingerprint density at radius 1 is 0.977 bits per heavy atom. The van der Waals surface area contributed by atoms with Gasteiger partial charge in [-0.3, -0.25) is 9.69 Å². The highest BCUT2D eigenvalue weighted by Gasteiger charge is 2.23. The fourth-order valence-electron chi connectivity index (χ4n) is 4.50. The molecule has 0 radical (unpaired) electrons. The van der Waals surface area contributed by atoms with Crippen molar-refractivity contribution >= 4 is 56.2 Å². The minimum Gasteiger partial charge on any atom is -0.481 e. The van der Waals surface area contributed by atoms with Gasteiger partial charge in [0.2, 0.25) is 5.95 Å². The number of benzene rings is 2. The summed E-state index contributed by atoms with van der Waals surface area (Å²) in [7, 11) is -3.52. The second-order valence-electron chi connectivity index (χ2n) is 10.5. The maximum absolute atomic E-state index is 12.9. The van der Waals surface area contributed by atoms with Crippen molar-refractivity contribution in [3.8, 4) is 0 Å². The monoisotopic (exact) mass is 646 g/mol. The van der Waals surface area contributed by atoms with Crippen LogP contribution in [0.3, 0.4) is 0 Å². The summed E-state index contributed by atoms with van der Waals surface area (Å²) in [5.41, 5.74) is 2.31. The third-order valence-electron chi connectivity index (χ3n) is 7.06. The molecule has 3 N–H and O–H groups in total. The van der Waals surface area contributed by atoms with Gasteiger partial charge in [0.05, 0.1) is 54.9 Å². The molecule has 1 aromatic heterocycles. The molecule has 3 aromatic rings. The number of hydrogen-bond acceptors (Lipinski definition) is 11. The third kappa shape index (κ3) is 9.50. The molecule has 4 rings (SSSR count). The predicted octanol–water partition coefficient (Wildman–Crippen LogP) is 4.43. The zero-order valence-electron chi connectivity index (χ0n) is 24.9. The number of carboxylic acids is 1.